The minimum atomic E-state index is -0.891. The molecule has 0 spiro atoms. The maximum atomic E-state index is 11.5. The third-order valence-electron chi connectivity index (χ3n) is 3.00. The molecule has 0 fully saturated rings. The van der Waals surface area contributed by atoms with Gasteiger partial charge in [0.1, 0.15) is 0 Å². The smallest absolute Gasteiger partial charge is 0.311 e. The van der Waals surface area contributed by atoms with Gasteiger partial charge >= 0.3 is 5.97 Å². The molecule has 1 unspecified atom stereocenters. The van der Waals surface area contributed by atoms with E-state index in [1.807, 2.05) is 12.1 Å². The largest absolute Gasteiger partial charge is 0.481 e. The fourth-order valence-electron chi connectivity index (χ4n) is 2.00. The second kappa shape index (κ2) is 6.39. The maximum Gasteiger partial charge on any atom is 0.311 e. The average molecular weight is 292 g/mol. The molecule has 1 aromatic carbocycles. The molecule has 104 valence electrons. The van der Waals surface area contributed by atoms with E-state index in [1.54, 1.807) is 30.5 Å². The molecule has 0 saturated carbocycles. The van der Waals surface area contributed by atoms with Gasteiger partial charge < -0.3 is 9.84 Å². The van der Waals surface area contributed by atoms with Gasteiger partial charge in [0.25, 0.3) is 0 Å². The lowest BCUT2D eigenvalue weighted by Crippen LogP contribution is -2.14. The van der Waals surface area contributed by atoms with Gasteiger partial charge in [0.15, 0.2) is 0 Å². The number of nitrogens with zero attached hydrogens (tertiary/aromatic N) is 1. The molecule has 0 aliphatic heterocycles. The molecular weight excluding hydrogens is 278 g/mol. The lowest BCUT2D eigenvalue weighted by Gasteiger charge is -2.13. The minimum absolute atomic E-state index is 0.364. The number of carboxylic acid groups (broad SMARTS) is 1. The second-order valence-corrected chi connectivity index (χ2v) is 4.79. The summed E-state index contributed by atoms with van der Waals surface area (Å²) in [7, 11) is 1.50. The molecule has 1 atom stereocenters. The molecule has 0 bridgehead atoms. The molecule has 0 radical (unpaired) electrons. The second-order valence-electron chi connectivity index (χ2n) is 4.36. The van der Waals surface area contributed by atoms with E-state index in [2.05, 4.69) is 4.98 Å². The Morgan fingerprint density at radius 3 is 2.85 bits per heavy atom. The highest BCUT2D eigenvalue weighted by Gasteiger charge is 2.21. The molecule has 1 heterocycles. The summed E-state index contributed by atoms with van der Waals surface area (Å²) in [6.45, 7) is 0. The highest BCUT2D eigenvalue weighted by Crippen LogP contribution is 2.24. The standard InChI is InChI=1S/C15H14ClNO3/c1-20-14-9-11(5-6-17-14)13(15(18)19)8-10-3-2-4-12(16)7-10/h2-7,9,13H,8H2,1H3,(H,18,19). The van der Waals surface area contributed by atoms with Crippen molar-refractivity contribution in [2.75, 3.05) is 7.11 Å². The van der Waals surface area contributed by atoms with Crippen molar-refractivity contribution < 1.29 is 14.6 Å². The van der Waals surface area contributed by atoms with E-state index in [0.717, 1.165) is 5.56 Å². The third-order valence-corrected chi connectivity index (χ3v) is 3.23. The highest BCUT2D eigenvalue weighted by atomic mass is 35.5. The first kappa shape index (κ1) is 14.3. The normalized spacial score (nSPS) is 11.9. The molecule has 0 aliphatic carbocycles. The summed E-state index contributed by atoms with van der Waals surface area (Å²) in [5.41, 5.74) is 1.53. The first-order valence-corrected chi connectivity index (χ1v) is 6.45. The molecule has 0 amide bonds. The fraction of sp³-hybridized carbons (Fsp3) is 0.200. The van der Waals surface area contributed by atoms with E-state index in [9.17, 15) is 9.90 Å². The summed E-state index contributed by atoms with van der Waals surface area (Å²) in [6.07, 6.45) is 1.91. The number of aliphatic carboxylic acids is 1. The van der Waals surface area contributed by atoms with Gasteiger partial charge in [0, 0.05) is 17.3 Å². The van der Waals surface area contributed by atoms with E-state index < -0.39 is 11.9 Å². The Bertz CT molecular complexity index is 616. The molecule has 20 heavy (non-hydrogen) atoms. The van der Waals surface area contributed by atoms with Crippen LogP contribution in [0.3, 0.4) is 0 Å². The first-order chi connectivity index (χ1) is 9.60. The fourth-order valence-corrected chi connectivity index (χ4v) is 2.21. The lowest BCUT2D eigenvalue weighted by atomic mass is 9.93. The van der Waals surface area contributed by atoms with Crippen LogP contribution in [-0.4, -0.2) is 23.2 Å². The molecule has 1 aromatic heterocycles. The van der Waals surface area contributed by atoms with Crippen LogP contribution in [0.25, 0.3) is 0 Å². The van der Waals surface area contributed by atoms with Crippen molar-refractivity contribution >= 4 is 17.6 Å². The van der Waals surface area contributed by atoms with Gasteiger partial charge in [-0.2, -0.15) is 0 Å². The SMILES string of the molecule is COc1cc(C(Cc2cccc(Cl)c2)C(=O)O)ccn1. The molecule has 0 saturated heterocycles. The van der Waals surface area contributed by atoms with E-state index in [-0.39, 0.29) is 0 Å². The third kappa shape index (κ3) is 3.48. The van der Waals surface area contributed by atoms with E-state index >= 15 is 0 Å². The van der Waals surface area contributed by atoms with Crippen molar-refractivity contribution in [2.24, 2.45) is 0 Å². The maximum absolute atomic E-state index is 11.5. The molecule has 2 aromatic rings. The van der Waals surface area contributed by atoms with E-state index in [0.29, 0.717) is 22.9 Å². The number of benzene rings is 1. The predicted octanol–water partition coefficient (Wildman–Crippen LogP) is 3.15. The van der Waals surface area contributed by atoms with Gasteiger partial charge in [-0.1, -0.05) is 23.7 Å². The zero-order valence-corrected chi connectivity index (χ0v) is 11.7. The van der Waals surface area contributed by atoms with Crippen molar-refractivity contribution in [1.82, 2.24) is 4.98 Å². The number of rotatable bonds is 5. The zero-order chi connectivity index (χ0) is 14.5. The first-order valence-electron chi connectivity index (χ1n) is 6.07. The average Bonchev–Trinajstić information content (AvgIpc) is 2.44. The van der Waals surface area contributed by atoms with Crippen molar-refractivity contribution in [3.63, 3.8) is 0 Å². The molecule has 0 aliphatic rings. The van der Waals surface area contributed by atoms with Gasteiger partial charge in [0.05, 0.1) is 13.0 Å². The Labute approximate surface area is 122 Å². The molecule has 1 N–H and O–H groups in total. The van der Waals surface area contributed by atoms with Crippen LogP contribution in [-0.2, 0) is 11.2 Å². The number of halogens is 1. The van der Waals surface area contributed by atoms with E-state index in [1.165, 1.54) is 7.11 Å². The van der Waals surface area contributed by atoms with Crippen LogP contribution < -0.4 is 4.74 Å². The van der Waals surface area contributed by atoms with Crippen LogP contribution in [0.1, 0.15) is 17.0 Å². The van der Waals surface area contributed by atoms with Gasteiger partial charge in [0.2, 0.25) is 5.88 Å². The van der Waals surface area contributed by atoms with Crippen LogP contribution in [0.15, 0.2) is 42.6 Å². The van der Waals surface area contributed by atoms with E-state index in [4.69, 9.17) is 16.3 Å². The monoisotopic (exact) mass is 291 g/mol. The van der Waals surface area contributed by atoms with Crippen LogP contribution in [0, 0.1) is 0 Å². The van der Waals surface area contributed by atoms with Gasteiger partial charge in [-0.15, -0.1) is 0 Å². The van der Waals surface area contributed by atoms with Crippen molar-refractivity contribution in [3.8, 4) is 5.88 Å². The van der Waals surface area contributed by atoms with Crippen molar-refractivity contribution in [2.45, 2.75) is 12.3 Å². The zero-order valence-electron chi connectivity index (χ0n) is 10.9. The summed E-state index contributed by atoms with van der Waals surface area (Å²) in [4.78, 5) is 15.5. The van der Waals surface area contributed by atoms with Gasteiger partial charge in [-0.3, -0.25) is 4.79 Å². The highest BCUT2D eigenvalue weighted by molar-refractivity contribution is 6.30. The van der Waals surface area contributed by atoms with Gasteiger partial charge in [-0.05, 0) is 35.7 Å². The van der Waals surface area contributed by atoms with Crippen LogP contribution in [0.4, 0.5) is 0 Å². The van der Waals surface area contributed by atoms with Gasteiger partial charge in [-0.25, -0.2) is 4.98 Å². The van der Waals surface area contributed by atoms with Crippen LogP contribution in [0.5, 0.6) is 5.88 Å². The number of ether oxygens (including phenoxy) is 1. The summed E-state index contributed by atoms with van der Waals surface area (Å²) in [5.74, 6) is -1.15. The summed E-state index contributed by atoms with van der Waals surface area (Å²) in [6, 6.07) is 10.5. The van der Waals surface area contributed by atoms with Crippen LogP contribution >= 0.6 is 11.6 Å². The number of hydrogen-bond donors (Lipinski definition) is 1. The topological polar surface area (TPSA) is 59.4 Å². The molecule has 2 rings (SSSR count). The lowest BCUT2D eigenvalue weighted by molar-refractivity contribution is -0.138. The van der Waals surface area contributed by atoms with Crippen molar-refractivity contribution in [1.29, 1.82) is 0 Å². The number of aromatic nitrogens is 1. The Balaban J connectivity index is 2.29. The molecular formula is C15H14ClNO3. The Kier molecular flexibility index (Phi) is 4.58. The van der Waals surface area contributed by atoms with Crippen molar-refractivity contribution in [3.05, 3.63) is 58.7 Å². The minimum Gasteiger partial charge on any atom is -0.481 e. The number of hydrogen-bond acceptors (Lipinski definition) is 3. The number of carbonyl (C=O) groups is 1. The Morgan fingerprint density at radius 1 is 1.40 bits per heavy atom. The summed E-state index contributed by atoms with van der Waals surface area (Å²) in [5, 5.41) is 10.0. The number of carboxylic acids is 1. The Morgan fingerprint density at radius 2 is 2.20 bits per heavy atom. The number of methoxy groups -OCH3 is 1. The molecule has 4 nitrogen and oxygen atoms in total. The predicted molar refractivity (Wildman–Crippen MR) is 76.3 cm³/mol. The summed E-state index contributed by atoms with van der Waals surface area (Å²) >= 11 is 5.92. The van der Waals surface area contributed by atoms with Crippen LogP contribution in [0.2, 0.25) is 5.02 Å². The quantitative estimate of drug-likeness (QED) is 0.919. The summed E-state index contributed by atoms with van der Waals surface area (Å²) < 4.78 is 5.03. The number of pyridine rings is 1. The molecule has 5 heteroatoms. The Hall–Kier alpha value is -2.07.